The molecule has 3 heteroatoms. The Balaban J connectivity index is 3.38. The van der Waals surface area contributed by atoms with Gasteiger partial charge in [-0.3, -0.25) is 0 Å². The number of aryl methyl sites for hydroxylation is 1. The predicted molar refractivity (Wildman–Crippen MR) is 77.3 cm³/mol. The van der Waals surface area contributed by atoms with Crippen LogP contribution in [0.25, 0.3) is 0 Å². The van der Waals surface area contributed by atoms with Crippen LogP contribution in [0.2, 0.25) is 0 Å². The number of likely N-dealkylation sites (N-methyl/N-ethyl adjacent to an activating group) is 1. The lowest BCUT2D eigenvalue weighted by Crippen LogP contribution is -2.46. The van der Waals surface area contributed by atoms with E-state index in [1.165, 1.54) is 22.3 Å². The molecule has 0 heterocycles. The third-order valence-corrected chi connectivity index (χ3v) is 4.06. The van der Waals surface area contributed by atoms with Crippen LogP contribution in [0.3, 0.4) is 0 Å². The topological polar surface area (TPSA) is 47.3 Å². The van der Waals surface area contributed by atoms with Crippen LogP contribution in [0.15, 0.2) is 6.07 Å². The summed E-state index contributed by atoms with van der Waals surface area (Å²) in [7, 11) is 3.65. The van der Waals surface area contributed by atoms with Crippen molar-refractivity contribution in [1.82, 2.24) is 5.32 Å². The molecule has 3 N–H and O–H groups in total. The van der Waals surface area contributed by atoms with Gasteiger partial charge in [-0.1, -0.05) is 0 Å². The van der Waals surface area contributed by atoms with E-state index in [2.05, 4.69) is 46.0 Å². The summed E-state index contributed by atoms with van der Waals surface area (Å²) in [6.45, 7) is 10.5. The van der Waals surface area contributed by atoms with Gasteiger partial charge in [-0.15, -0.1) is 0 Å². The van der Waals surface area contributed by atoms with Crippen molar-refractivity contribution >= 4 is 0 Å². The smallest absolute Gasteiger partial charge is 0.122 e. The summed E-state index contributed by atoms with van der Waals surface area (Å²) >= 11 is 0. The van der Waals surface area contributed by atoms with E-state index in [0.717, 1.165) is 5.75 Å². The number of nitrogens with one attached hydrogen (secondary N) is 1. The van der Waals surface area contributed by atoms with Crippen LogP contribution in [0, 0.1) is 20.8 Å². The van der Waals surface area contributed by atoms with Gasteiger partial charge in [0, 0.05) is 11.6 Å². The van der Waals surface area contributed by atoms with E-state index in [0.29, 0.717) is 0 Å². The fraction of sp³-hybridized carbons (Fsp3) is 0.600. The highest BCUT2D eigenvalue weighted by atomic mass is 16.5. The van der Waals surface area contributed by atoms with E-state index in [1.807, 2.05) is 7.05 Å². The number of ether oxygens (including phenoxy) is 1. The number of benzene rings is 1. The van der Waals surface area contributed by atoms with Crippen LogP contribution in [0.4, 0.5) is 0 Å². The molecule has 0 aromatic heterocycles. The first kappa shape index (κ1) is 15.0. The van der Waals surface area contributed by atoms with E-state index >= 15 is 0 Å². The summed E-state index contributed by atoms with van der Waals surface area (Å²) in [5, 5.41) is 3.29. The molecule has 0 radical (unpaired) electrons. The first-order chi connectivity index (χ1) is 8.26. The van der Waals surface area contributed by atoms with Crippen LogP contribution < -0.4 is 15.8 Å². The van der Waals surface area contributed by atoms with Gasteiger partial charge in [0.05, 0.1) is 7.11 Å². The molecule has 1 rings (SSSR count). The van der Waals surface area contributed by atoms with Crippen LogP contribution in [0.1, 0.15) is 42.1 Å². The van der Waals surface area contributed by atoms with Gasteiger partial charge in [0.1, 0.15) is 5.75 Å². The van der Waals surface area contributed by atoms with Crippen molar-refractivity contribution in [2.24, 2.45) is 5.73 Å². The molecule has 0 aliphatic carbocycles. The molecule has 3 nitrogen and oxygen atoms in total. The number of hydrogen-bond donors (Lipinski definition) is 2. The summed E-state index contributed by atoms with van der Waals surface area (Å²) in [5.41, 5.74) is 11.1. The summed E-state index contributed by atoms with van der Waals surface area (Å²) in [6, 6.07) is 2.02. The van der Waals surface area contributed by atoms with Gasteiger partial charge in [-0.25, -0.2) is 0 Å². The summed E-state index contributed by atoms with van der Waals surface area (Å²) in [4.78, 5) is 0. The maximum absolute atomic E-state index is 6.44. The lowest BCUT2D eigenvalue weighted by atomic mass is 9.83. The van der Waals surface area contributed by atoms with E-state index in [-0.39, 0.29) is 11.6 Å². The van der Waals surface area contributed by atoms with Gasteiger partial charge in [0.15, 0.2) is 0 Å². The molecule has 0 amide bonds. The van der Waals surface area contributed by atoms with E-state index in [4.69, 9.17) is 10.5 Å². The normalized spacial score (nSPS) is 13.6. The first-order valence-electron chi connectivity index (χ1n) is 6.35. The molecule has 0 saturated carbocycles. The Morgan fingerprint density at radius 3 is 2.22 bits per heavy atom. The van der Waals surface area contributed by atoms with Gasteiger partial charge in [-0.2, -0.15) is 0 Å². The zero-order valence-corrected chi connectivity index (χ0v) is 12.6. The molecule has 0 aliphatic heterocycles. The monoisotopic (exact) mass is 250 g/mol. The van der Waals surface area contributed by atoms with Gasteiger partial charge >= 0.3 is 0 Å². The van der Waals surface area contributed by atoms with Crippen LogP contribution in [0.5, 0.6) is 5.75 Å². The van der Waals surface area contributed by atoms with Gasteiger partial charge < -0.3 is 15.8 Å². The third kappa shape index (κ3) is 2.52. The van der Waals surface area contributed by atoms with Crippen molar-refractivity contribution in [3.05, 3.63) is 28.3 Å². The minimum absolute atomic E-state index is 0.0490. The maximum atomic E-state index is 6.44. The molecule has 0 bridgehead atoms. The Kier molecular flexibility index (Phi) is 4.41. The molecular formula is C15H26N2O. The average Bonchev–Trinajstić information content (AvgIpc) is 2.33. The second-order valence-electron chi connectivity index (χ2n) is 5.51. The molecule has 0 spiro atoms. The van der Waals surface area contributed by atoms with Crippen LogP contribution >= 0.6 is 0 Å². The van der Waals surface area contributed by atoms with E-state index < -0.39 is 0 Å². The Hall–Kier alpha value is -1.06. The van der Waals surface area contributed by atoms with Crippen molar-refractivity contribution in [1.29, 1.82) is 0 Å². The molecule has 18 heavy (non-hydrogen) atoms. The van der Waals surface area contributed by atoms with Crippen molar-refractivity contribution in [3.8, 4) is 5.75 Å². The van der Waals surface area contributed by atoms with Crippen molar-refractivity contribution in [3.63, 3.8) is 0 Å². The highest BCUT2D eigenvalue weighted by molar-refractivity contribution is 5.50. The van der Waals surface area contributed by atoms with Gasteiger partial charge in [0.25, 0.3) is 0 Å². The summed E-state index contributed by atoms with van der Waals surface area (Å²) in [5.74, 6) is 0.934. The molecule has 0 saturated heterocycles. The highest BCUT2D eigenvalue weighted by Gasteiger charge is 2.29. The fourth-order valence-corrected chi connectivity index (χ4v) is 2.27. The Morgan fingerprint density at radius 1 is 1.22 bits per heavy atom. The Labute approximate surface area is 111 Å². The van der Waals surface area contributed by atoms with Crippen molar-refractivity contribution < 1.29 is 4.74 Å². The molecular weight excluding hydrogens is 224 g/mol. The zero-order chi connectivity index (χ0) is 14.1. The molecule has 1 unspecified atom stereocenters. The lowest BCUT2D eigenvalue weighted by molar-refractivity contribution is 0.346. The maximum Gasteiger partial charge on any atom is 0.122 e. The van der Waals surface area contributed by atoms with Crippen molar-refractivity contribution in [2.75, 3.05) is 14.2 Å². The van der Waals surface area contributed by atoms with Crippen LogP contribution in [-0.2, 0) is 0 Å². The molecule has 1 aromatic carbocycles. The zero-order valence-electron chi connectivity index (χ0n) is 12.6. The van der Waals surface area contributed by atoms with E-state index in [1.54, 1.807) is 7.11 Å². The Bertz CT molecular complexity index is 439. The predicted octanol–water partition coefficient (Wildman–Crippen LogP) is 2.62. The Morgan fingerprint density at radius 2 is 1.78 bits per heavy atom. The summed E-state index contributed by atoms with van der Waals surface area (Å²) in [6.07, 6.45) is 0. The largest absolute Gasteiger partial charge is 0.496 e. The van der Waals surface area contributed by atoms with Crippen molar-refractivity contribution in [2.45, 2.75) is 46.2 Å². The SMILES string of the molecule is CNC(C)(C)C(N)c1c(C)cc(OC)c(C)c1C. The fourth-order valence-electron chi connectivity index (χ4n) is 2.27. The molecule has 1 atom stereocenters. The highest BCUT2D eigenvalue weighted by Crippen LogP contribution is 2.34. The summed E-state index contributed by atoms with van der Waals surface area (Å²) < 4.78 is 5.40. The lowest BCUT2D eigenvalue weighted by Gasteiger charge is -2.34. The molecule has 1 aromatic rings. The van der Waals surface area contributed by atoms with Gasteiger partial charge in [-0.05, 0) is 70.0 Å². The minimum atomic E-state index is -0.142. The second kappa shape index (κ2) is 5.29. The molecule has 0 aliphatic rings. The quantitative estimate of drug-likeness (QED) is 0.863. The van der Waals surface area contributed by atoms with Gasteiger partial charge in [0.2, 0.25) is 0 Å². The second-order valence-corrected chi connectivity index (χ2v) is 5.51. The molecule has 0 fully saturated rings. The average molecular weight is 250 g/mol. The standard InChI is InChI=1S/C15H26N2O/c1-9-8-12(18-7)10(2)11(3)13(9)14(16)15(4,5)17-6/h8,14,17H,16H2,1-7H3. The molecule has 102 valence electrons. The number of rotatable bonds is 4. The number of nitrogens with two attached hydrogens (primary N) is 1. The van der Waals surface area contributed by atoms with E-state index in [9.17, 15) is 0 Å². The third-order valence-electron chi connectivity index (χ3n) is 4.06. The van der Waals surface area contributed by atoms with Crippen LogP contribution in [-0.4, -0.2) is 19.7 Å². The first-order valence-corrected chi connectivity index (χ1v) is 6.35. The minimum Gasteiger partial charge on any atom is -0.496 e. The number of methoxy groups -OCH3 is 1. The number of hydrogen-bond acceptors (Lipinski definition) is 3.